The Morgan fingerprint density at radius 2 is 0.742 bits per heavy atom. The summed E-state index contributed by atoms with van der Waals surface area (Å²) in [7, 11) is -5.52. The third-order valence-corrected chi connectivity index (χ3v) is 18.7. The van der Waals surface area contributed by atoms with Gasteiger partial charge in [-0.3, -0.25) is 0 Å². The van der Waals surface area contributed by atoms with E-state index in [1.54, 1.807) is 0 Å². The Labute approximate surface area is 186 Å². The molecule has 0 bridgehead atoms. The summed E-state index contributed by atoms with van der Waals surface area (Å²) < 4.78 is 0. The van der Waals surface area contributed by atoms with Gasteiger partial charge in [0.2, 0.25) is 0 Å². The van der Waals surface area contributed by atoms with Crippen molar-refractivity contribution in [1.82, 2.24) is 0 Å². The molecule has 0 unspecified atom stereocenters. The Bertz CT molecular complexity index is 531. The van der Waals surface area contributed by atoms with Crippen LogP contribution >= 0.6 is 14.5 Å². The molecule has 4 N–H and O–H groups in total. The number of rotatable bonds is 18. The summed E-state index contributed by atoms with van der Waals surface area (Å²) in [5.41, 5.74) is -2.79. The van der Waals surface area contributed by atoms with Crippen LogP contribution in [0.2, 0.25) is 0 Å². The molecule has 0 heterocycles. The maximum absolute atomic E-state index is 11.9. The second kappa shape index (κ2) is 14.0. The molecule has 0 saturated carbocycles. The maximum atomic E-state index is 11.9. The standard InChI is InChI=1S/C21H42O8P2/c1-5-10-30(11-6-2,16(18(22)23)19(24)25)14-9-15-31(12-7-3,13-8-4)17(20(26)27)21(28)29/h16-17,30-31H,5-15H2,1-4H3,(H,22,23)(H,24,25)(H,26,27)(H,28,29). The van der Waals surface area contributed by atoms with Crippen molar-refractivity contribution in [3.05, 3.63) is 0 Å². The fraction of sp³-hybridized carbons (Fsp3) is 0.810. The number of aliphatic carboxylic acids is 4. The van der Waals surface area contributed by atoms with Gasteiger partial charge in [-0.15, -0.1) is 0 Å². The summed E-state index contributed by atoms with van der Waals surface area (Å²) in [4.78, 5) is 47.6. The van der Waals surface area contributed by atoms with Crippen LogP contribution in [-0.4, -0.2) is 92.6 Å². The molecule has 0 spiro atoms. The Hall–Kier alpha value is -1.26. The van der Waals surface area contributed by atoms with Crippen molar-refractivity contribution in [3.63, 3.8) is 0 Å². The molecule has 8 nitrogen and oxygen atoms in total. The third kappa shape index (κ3) is 7.98. The Morgan fingerprint density at radius 1 is 0.516 bits per heavy atom. The van der Waals surface area contributed by atoms with Gasteiger partial charge in [0.05, 0.1) is 0 Å². The minimum absolute atomic E-state index is 0.478. The number of carboxylic acids is 4. The van der Waals surface area contributed by atoms with Gasteiger partial charge in [-0.25, -0.2) is 0 Å². The summed E-state index contributed by atoms with van der Waals surface area (Å²) >= 11 is 0. The van der Waals surface area contributed by atoms with Crippen LogP contribution in [0.4, 0.5) is 0 Å². The van der Waals surface area contributed by atoms with E-state index in [0.29, 0.717) is 69.1 Å². The van der Waals surface area contributed by atoms with E-state index < -0.39 is 49.7 Å². The molecule has 0 aliphatic rings. The number of hydrogen-bond acceptors (Lipinski definition) is 4. The van der Waals surface area contributed by atoms with E-state index in [9.17, 15) is 39.6 Å². The molecule has 0 aromatic carbocycles. The first-order chi connectivity index (χ1) is 14.5. The van der Waals surface area contributed by atoms with Gasteiger partial charge in [0, 0.05) is 0 Å². The molecular formula is C21H42O8P2. The molecule has 0 saturated heterocycles. The van der Waals surface area contributed by atoms with Crippen molar-refractivity contribution >= 4 is 38.4 Å². The van der Waals surface area contributed by atoms with Crippen molar-refractivity contribution in [2.24, 2.45) is 0 Å². The number of hydrogen-bond donors (Lipinski definition) is 4. The van der Waals surface area contributed by atoms with Gasteiger partial charge in [0.15, 0.2) is 0 Å². The molecule has 0 atom stereocenters. The van der Waals surface area contributed by atoms with Crippen molar-refractivity contribution in [2.75, 3.05) is 37.0 Å². The zero-order valence-electron chi connectivity index (χ0n) is 19.4. The average Bonchev–Trinajstić information content (AvgIpc) is 2.61. The van der Waals surface area contributed by atoms with Crippen molar-refractivity contribution in [3.8, 4) is 0 Å². The van der Waals surface area contributed by atoms with Crippen LogP contribution in [-0.2, 0) is 19.2 Å². The molecule has 0 radical (unpaired) electrons. The van der Waals surface area contributed by atoms with E-state index in [2.05, 4.69) is 0 Å². The monoisotopic (exact) mass is 484 g/mol. The minimum atomic E-state index is -2.76. The van der Waals surface area contributed by atoms with Crippen LogP contribution in [0.1, 0.15) is 59.8 Å². The molecule has 31 heavy (non-hydrogen) atoms. The fourth-order valence-corrected chi connectivity index (χ4v) is 17.1. The predicted molar refractivity (Wildman–Crippen MR) is 130 cm³/mol. The van der Waals surface area contributed by atoms with Crippen molar-refractivity contribution < 1.29 is 39.6 Å². The van der Waals surface area contributed by atoms with E-state index in [-0.39, 0.29) is 0 Å². The van der Waals surface area contributed by atoms with Crippen LogP contribution < -0.4 is 0 Å². The third-order valence-electron chi connectivity index (χ3n) is 6.55. The first-order valence-corrected chi connectivity index (χ1v) is 16.8. The van der Waals surface area contributed by atoms with E-state index in [4.69, 9.17) is 0 Å². The molecule has 0 aromatic rings. The van der Waals surface area contributed by atoms with Crippen LogP contribution in [0.3, 0.4) is 0 Å². The summed E-state index contributed by atoms with van der Waals surface area (Å²) in [6.07, 6.45) is 6.59. The van der Waals surface area contributed by atoms with Gasteiger partial charge in [-0.05, 0) is 0 Å². The van der Waals surface area contributed by atoms with Crippen molar-refractivity contribution in [2.45, 2.75) is 71.1 Å². The van der Waals surface area contributed by atoms with Crippen molar-refractivity contribution in [1.29, 1.82) is 0 Å². The molecule has 10 heteroatoms. The second-order valence-electron chi connectivity index (χ2n) is 8.80. The first kappa shape index (κ1) is 29.7. The van der Waals surface area contributed by atoms with Gasteiger partial charge in [-0.1, -0.05) is 0 Å². The van der Waals surface area contributed by atoms with Crippen LogP contribution in [0, 0.1) is 0 Å². The van der Waals surface area contributed by atoms with Gasteiger partial charge in [0.25, 0.3) is 0 Å². The molecule has 184 valence electrons. The number of carbonyl (C=O) groups is 4. The SMILES string of the molecule is CCC[PH](CCC)(CCC[PH](CCC)(CCC)C(C(=O)O)C(=O)O)C(C(=O)O)C(=O)O. The molecule has 0 rings (SSSR count). The molecule has 0 aromatic heterocycles. The number of carboxylic acid groups (broad SMARTS) is 4. The Kier molecular flexibility index (Phi) is 13.4. The quantitative estimate of drug-likeness (QED) is 0.170. The second-order valence-corrected chi connectivity index (χ2v) is 18.4. The predicted octanol–water partition coefficient (Wildman–Crippen LogP) is 3.59. The first-order valence-electron chi connectivity index (χ1n) is 11.4. The van der Waals surface area contributed by atoms with Crippen LogP contribution in [0.25, 0.3) is 0 Å². The summed E-state index contributed by atoms with van der Waals surface area (Å²) in [5.74, 6) is -5.16. The average molecular weight is 485 g/mol. The summed E-state index contributed by atoms with van der Waals surface area (Å²) in [6, 6.07) is 0. The zero-order valence-corrected chi connectivity index (χ0v) is 21.4. The Morgan fingerprint density at radius 3 is 0.903 bits per heavy atom. The van der Waals surface area contributed by atoms with Crippen LogP contribution in [0.15, 0.2) is 0 Å². The topological polar surface area (TPSA) is 149 Å². The molecule has 0 aliphatic heterocycles. The van der Waals surface area contributed by atoms with E-state index in [1.165, 1.54) is 0 Å². The van der Waals surface area contributed by atoms with E-state index in [0.717, 1.165) is 0 Å². The molecular weight excluding hydrogens is 442 g/mol. The zero-order chi connectivity index (χ0) is 24.2. The van der Waals surface area contributed by atoms with E-state index in [1.807, 2.05) is 27.7 Å². The molecule has 0 aliphatic carbocycles. The Balaban J connectivity index is 6.09. The van der Waals surface area contributed by atoms with Gasteiger partial charge in [-0.2, -0.15) is 0 Å². The van der Waals surface area contributed by atoms with E-state index >= 15 is 0 Å². The van der Waals surface area contributed by atoms with Gasteiger partial charge in [0.1, 0.15) is 0 Å². The van der Waals surface area contributed by atoms with Gasteiger partial charge < -0.3 is 0 Å². The van der Waals surface area contributed by atoms with Gasteiger partial charge >= 0.3 is 186 Å². The van der Waals surface area contributed by atoms with Crippen LogP contribution in [0.5, 0.6) is 0 Å². The molecule has 0 amide bonds. The normalized spacial score (nSPS) is 13.4. The molecule has 0 fully saturated rings. The fourth-order valence-electron chi connectivity index (χ4n) is 5.66. The summed E-state index contributed by atoms with van der Waals surface area (Å²) in [6.45, 7) is 7.71. The summed E-state index contributed by atoms with van der Waals surface area (Å²) in [5, 5.41) is 38.8.